The Morgan fingerprint density at radius 2 is 1.86 bits per heavy atom. The number of fused-ring (bicyclic) bond motifs is 1. The first-order valence-corrected chi connectivity index (χ1v) is 7.26. The fraction of sp³-hybridized carbons (Fsp3) is 0.235. The van der Waals surface area contributed by atoms with Crippen molar-refractivity contribution in [3.8, 4) is 11.5 Å². The van der Waals surface area contributed by atoms with Crippen molar-refractivity contribution in [1.82, 2.24) is 5.32 Å². The highest BCUT2D eigenvalue weighted by atomic mass is 16.5. The third-order valence-corrected chi connectivity index (χ3v) is 3.40. The summed E-state index contributed by atoms with van der Waals surface area (Å²) in [6, 6.07) is 15.8. The van der Waals surface area contributed by atoms with Crippen molar-refractivity contribution in [2.45, 2.75) is 6.54 Å². The Labute approximate surface area is 130 Å². The van der Waals surface area contributed by atoms with E-state index >= 15 is 0 Å². The minimum atomic E-state index is 0.530. The topological polar surface area (TPSA) is 54.9 Å². The lowest BCUT2D eigenvalue weighted by Crippen LogP contribution is -2.35. The summed E-state index contributed by atoms with van der Waals surface area (Å²) < 4.78 is 11.0. The van der Waals surface area contributed by atoms with Crippen LogP contribution in [0.25, 0.3) is 0 Å². The van der Waals surface area contributed by atoms with E-state index in [1.807, 2.05) is 36.4 Å². The molecule has 22 heavy (non-hydrogen) atoms. The smallest absolute Gasteiger partial charge is 0.196 e. The van der Waals surface area contributed by atoms with Crippen LogP contribution in [0.2, 0.25) is 0 Å². The Balaban J connectivity index is 1.47. The van der Waals surface area contributed by atoms with Gasteiger partial charge in [0.05, 0.1) is 20.2 Å². The van der Waals surface area contributed by atoms with Crippen LogP contribution in [0.4, 0.5) is 5.69 Å². The van der Waals surface area contributed by atoms with Crippen molar-refractivity contribution < 1.29 is 9.47 Å². The van der Waals surface area contributed by atoms with Crippen molar-refractivity contribution in [2.24, 2.45) is 4.99 Å². The molecule has 114 valence electrons. The zero-order chi connectivity index (χ0) is 15.2. The number of rotatable bonds is 5. The van der Waals surface area contributed by atoms with Crippen LogP contribution < -0.4 is 20.1 Å². The highest BCUT2D eigenvalue weighted by Gasteiger charge is 2.10. The molecule has 0 spiro atoms. The number of guanidine groups is 1. The molecule has 0 saturated heterocycles. The Morgan fingerprint density at radius 1 is 1.09 bits per heavy atom. The largest absolute Gasteiger partial charge is 0.493 e. The Hall–Kier alpha value is -2.69. The average molecular weight is 297 g/mol. The zero-order valence-corrected chi connectivity index (χ0v) is 12.5. The number of anilines is 1. The molecule has 0 saturated carbocycles. The zero-order valence-electron chi connectivity index (χ0n) is 12.5. The van der Waals surface area contributed by atoms with Crippen molar-refractivity contribution in [2.75, 3.05) is 25.6 Å². The van der Waals surface area contributed by atoms with Gasteiger partial charge in [0, 0.05) is 5.69 Å². The van der Waals surface area contributed by atoms with E-state index in [2.05, 4.69) is 27.8 Å². The van der Waals surface area contributed by atoms with Gasteiger partial charge in [-0.25, -0.2) is 4.99 Å². The van der Waals surface area contributed by atoms with Crippen molar-refractivity contribution in [3.63, 3.8) is 0 Å². The first kappa shape index (κ1) is 14.3. The van der Waals surface area contributed by atoms with E-state index in [0.717, 1.165) is 23.1 Å². The summed E-state index contributed by atoms with van der Waals surface area (Å²) in [4.78, 5) is 4.46. The third kappa shape index (κ3) is 3.31. The van der Waals surface area contributed by atoms with Gasteiger partial charge in [0.15, 0.2) is 17.5 Å². The second-order valence-corrected chi connectivity index (χ2v) is 4.87. The molecule has 0 aliphatic carbocycles. The number of nitrogens with zero attached hydrogens (tertiary/aromatic N) is 1. The number of hydrogen-bond acceptors (Lipinski definition) is 5. The van der Waals surface area contributed by atoms with Gasteiger partial charge in [0.1, 0.15) is 6.61 Å². The van der Waals surface area contributed by atoms with Crippen molar-refractivity contribution in [1.29, 1.82) is 0 Å². The molecule has 1 aliphatic heterocycles. The van der Waals surface area contributed by atoms with Gasteiger partial charge in [-0.05, 0) is 23.8 Å². The molecule has 2 aromatic rings. The fourth-order valence-corrected chi connectivity index (χ4v) is 2.28. The Morgan fingerprint density at radius 3 is 2.73 bits per heavy atom. The van der Waals surface area contributed by atoms with Crippen LogP contribution in [0.1, 0.15) is 5.56 Å². The first-order valence-electron chi connectivity index (χ1n) is 7.26. The molecule has 0 unspecified atom stereocenters. The quantitative estimate of drug-likeness (QED) is 0.833. The lowest BCUT2D eigenvalue weighted by Gasteiger charge is -2.19. The summed E-state index contributed by atoms with van der Waals surface area (Å²) in [5.41, 5.74) is 2.31. The van der Waals surface area contributed by atoms with E-state index in [1.165, 1.54) is 5.56 Å². The van der Waals surface area contributed by atoms with E-state index in [1.54, 1.807) is 7.11 Å². The summed E-state index contributed by atoms with van der Waals surface area (Å²) in [5, 5.41) is 6.52. The number of nitrogens with one attached hydrogen (secondary N) is 2. The summed E-state index contributed by atoms with van der Waals surface area (Å²) in [7, 11) is 1.64. The Bertz CT molecular complexity index is 670. The lowest BCUT2D eigenvalue weighted by molar-refractivity contribution is 0.298. The molecule has 2 N–H and O–H groups in total. The molecule has 2 aromatic carbocycles. The first-order chi connectivity index (χ1) is 10.9. The molecule has 5 nitrogen and oxygen atoms in total. The molecule has 5 heteroatoms. The second kappa shape index (κ2) is 6.85. The molecule has 0 atom stereocenters. The summed E-state index contributed by atoms with van der Waals surface area (Å²) in [6.45, 7) is 1.88. The lowest BCUT2D eigenvalue weighted by atomic mass is 10.1. The maximum Gasteiger partial charge on any atom is 0.196 e. The molecule has 0 amide bonds. The maximum absolute atomic E-state index is 5.72. The standard InChI is InChI=1S/C17H19N3O2/c1-21-15-8-4-5-9-16(15)22-11-10-18-17-19-12-13-6-2-3-7-14(13)20-17/h2-9H,10-12H2,1H3,(H2,18,19,20). The van der Waals surface area contributed by atoms with Crippen LogP contribution in [0.3, 0.4) is 0 Å². The molecule has 1 aliphatic rings. The van der Waals surface area contributed by atoms with Gasteiger partial charge < -0.3 is 20.1 Å². The summed E-state index contributed by atoms with van der Waals surface area (Å²) in [6.07, 6.45) is 0. The maximum atomic E-state index is 5.72. The van der Waals surface area contributed by atoms with Gasteiger partial charge in [0.25, 0.3) is 0 Å². The molecule has 0 fully saturated rings. The third-order valence-electron chi connectivity index (χ3n) is 3.40. The minimum absolute atomic E-state index is 0.530. The number of hydrogen-bond donors (Lipinski definition) is 2. The highest BCUT2D eigenvalue weighted by Crippen LogP contribution is 2.25. The number of aliphatic imine (C=N–C) groups is 1. The van der Waals surface area contributed by atoms with E-state index in [-0.39, 0.29) is 0 Å². The normalized spacial score (nSPS) is 12.7. The average Bonchev–Trinajstić information content (AvgIpc) is 2.59. The SMILES string of the molecule is COc1ccccc1OCCNC1=NCc2ccccc2N1. The van der Waals surface area contributed by atoms with E-state index in [0.29, 0.717) is 19.7 Å². The van der Waals surface area contributed by atoms with Crippen LogP contribution in [-0.4, -0.2) is 26.2 Å². The van der Waals surface area contributed by atoms with E-state index in [4.69, 9.17) is 9.47 Å². The van der Waals surface area contributed by atoms with Crippen LogP contribution in [-0.2, 0) is 6.54 Å². The number of ether oxygens (including phenoxy) is 2. The van der Waals surface area contributed by atoms with Gasteiger partial charge >= 0.3 is 0 Å². The van der Waals surface area contributed by atoms with E-state index in [9.17, 15) is 0 Å². The predicted octanol–water partition coefficient (Wildman–Crippen LogP) is 2.65. The van der Waals surface area contributed by atoms with Crippen molar-refractivity contribution in [3.05, 3.63) is 54.1 Å². The fourth-order valence-electron chi connectivity index (χ4n) is 2.28. The van der Waals surface area contributed by atoms with Crippen molar-refractivity contribution >= 4 is 11.6 Å². The molecule has 0 bridgehead atoms. The minimum Gasteiger partial charge on any atom is -0.493 e. The molecule has 3 rings (SSSR count). The highest BCUT2D eigenvalue weighted by molar-refractivity contribution is 5.95. The molecular weight excluding hydrogens is 278 g/mol. The van der Waals surface area contributed by atoms with Crippen LogP contribution >= 0.6 is 0 Å². The van der Waals surface area contributed by atoms with Crippen LogP contribution in [0.5, 0.6) is 11.5 Å². The second-order valence-electron chi connectivity index (χ2n) is 4.87. The van der Waals surface area contributed by atoms with Crippen LogP contribution in [0.15, 0.2) is 53.5 Å². The van der Waals surface area contributed by atoms with Gasteiger partial charge in [-0.3, -0.25) is 0 Å². The van der Waals surface area contributed by atoms with Gasteiger partial charge in [-0.1, -0.05) is 30.3 Å². The number of para-hydroxylation sites is 3. The number of benzene rings is 2. The molecule has 0 radical (unpaired) electrons. The molecular formula is C17H19N3O2. The van der Waals surface area contributed by atoms with E-state index < -0.39 is 0 Å². The van der Waals surface area contributed by atoms with Gasteiger partial charge in [-0.15, -0.1) is 0 Å². The monoisotopic (exact) mass is 297 g/mol. The van der Waals surface area contributed by atoms with Crippen LogP contribution in [0, 0.1) is 0 Å². The predicted molar refractivity (Wildman–Crippen MR) is 87.7 cm³/mol. The number of methoxy groups -OCH3 is 1. The molecule has 0 aromatic heterocycles. The summed E-state index contributed by atoms with van der Waals surface area (Å²) in [5.74, 6) is 2.27. The Kier molecular flexibility index (Phi) is 4.44. The molecule has 1 heterocycles. The van der Waals surface area contributed by atoms with Gasteiger partial charge in [0.2, 0.25) is 0 Å². The van der Waals surface area contributed by atoms with Gasteiger partial charge in [-0.2, -0.15) is 0 Å². The summed E-state index contributed by atoms with van der Waals surface area (Å²) >= 11 is 0.